The monoisotopic (exact) mass is 805 g/mol. The van der Waals surface area contributed by atoms with Crippen molar-refractivity contribution in [3.63, 3.8) is 0 Å². The predicted octanol–water partition coefficient (Wildman–Crippen LogP) is 14.1. The molecule has 0 heterocycles. The van der Waals surface area contributed by atoms with E-state index >= 15 is 0 Å². The van der Waals surface area contributed by atoms with Gasteiger partial charge in [-0.2, -0.15) is 0 Å². The summed E-state index contributed by atoms with van der Waals surface area (Å²) in [6.45, 7) is 8.62. The van der Waals surface area contributed by atoms with Gasteiger partial charge in [0.2, 0.25) is 0 Å². The molecule has 8 heteroatoms. The number of esters is 2. The maximum atomic E-state index is 13.4. The molecule has 4 aromatic rings. The second-order valence-electron chi connectivity index (χ2n) is 15.1. The van der Waals surface area contributed by atoms with Crippen molar-refractivity contribution < 1.29 is 33.3 Å². The van der Waals surface area contributed by atoms with Gasteiger partial charge in [0, 0.05) is 6.21 Å². The lowest BCUT2D eigenvalue weighted by Gasteiger charge is -2.12. The molecular formula is C51H67NO7. The standard InChI is InChI=1S/C51H67NO7/c1-4-7-10-13-16-19-36-55-45-29-23-42(24-30-45)50(53)58-48-35-22-41(40-52-44-27-33-47(34-28-44)57-38-21-18-15-12-9-6-3)39-49(48)59-51(54)43-25-31-46(32-26-43)56-37-20-17-14-11-8-5-2/h22-35,39-40H,4-21,36-38H2,1-3H3. The van der Waals surface area contributed by atoms with E-state index in [4.69, 9.17) is 23.7 Å². The lowest BCUT2D eigenvalue weighted by molar-refractivity contribution is 0.0682. The summed E-state index contributed by atoms with van der Waals surface area (Å²) in [5.41, 5.74) is 2.07. The first-order valence-electron chi connectivity index (χ1n) is 22.3. The van der Waals surface area contributed by atoms with E-state index in [1.807, 2.05) is 24.3 Å². The molecule has 0 saturated heterocycles. The Hall–Kier alpha value is -5.11. The van der Waals surface area contributed by atoms with Gasteiger partial charge in [0.25, 0.3) is 0 Å². The smallest absolute Gasteiger partial charge is 0.343 e. The third kappa shape index (κ3) is 18.6. The number of aliphatic imine (C=N–C) groups is 1. The molecule has 0 aliphatic carbocycles. The molecule has 0 bridgehead atoms. The summed E-state index contributed by atoms with van der Waals surface area (Å²) in [5, 5.41) is 0. The topological polar surface area (TPSA) is 92.7 Å². The first-order chi connectivity index (χ1) is 29.0. The van der Waals surface area contributed by atoms with Gasteiger partial charge in [-0.1, -0.05) is 117 Å². The van der Waals surface area contributed by atoms with Crippen LogP contribution >= 0.6 is 0 Å². The van der Waals surface area contributed by atoms with Gasteiger partial charge in [-0.25, -0.2) is 9.59 Å². The van der Waals surface area contributed by atoms with Crippen LogP contribution in [0.5, 0.6) is 28.7 Å². The van der Waals surface area contributed by atoms with Crippen LogP contribution in [0.2, 0.25) is 0 Å². The molecule has 0 radical (unpaired) electrons. The van der Waals surface area contributed by atoms with Crippen LogP contribution in [0.25, 0.3) is 0 Å². The van der Waals surface area contributed by atoms with E-state index in [0.717, 1.165) is 43.5 Å². The highest BCUT2D eigenvalue weighted by molar-refractivity contribution is 5.94. The Morgan fingerprint density at radius 1 is 0.441 bits per heavy atom. The van der Waals surface area contributed by atoms with E-state index in [-0.39, 0.29) is 11.5 Å². The van der Waals surface area contributed by atoms with Crippen LogP contribution in [0.1, 0.15) is 163 Å². The van der Waals surface area contributed by atoms with Crippen LogP contribution in [0.15, 0.2) is 96.0 Å². The van der Waals surface area contributed by atoms with Crippen molar-refractivity contribution in [3.8, 4) is 28.7 Å². The molecule has 318 valence electrons. The van der Waals surface area contributed by atoms with Crippen LogP contribution in [0, 0.1) is 0 Å². The van der Waals surface area contributed by atoms with Crippen LogP contribution in [0.3, 0.4) is 0 Å². The number of rotatable bonds is 30. The van der Waals surface area contributed by atoms with E-state index in [9.17, 15) is 9.59 Å². The molecule has 0 saturated carbocycles. The van der Waals surface area contributed by atoms with Gasteiger partial charge in [0.15, 0.2) is 11.5 Å². The number of ether oxygens (including phenoxy) is 5. The SMILES string of the molecule is CCCCCCCCOc1ccc(N=Cc2ccc(OC(=O)c3ccc(OCCCCCCCC)cc3)c(OC(=O)c3ccc(OCCCCCCCC)cc3)c2)cc1. The lowest BCUT2D eigenvalue weighted by Crippen LogP contribution is -2.13. The average molecular weight is 806 g/mol. The Bertz CT molecular complexity index is 1780. The van der Waals surface area contributed by atoms with Crippen molar-refractivity contribution in [2.24, 2.45) is 4.99 Å². The largest absolute Gasteiger partial charge is 0.494 e. The predicted molar refractivity (Wildman–Crippen MR) is 240 cm³/mol. The first kappa shape index (κ1) is 46.6. The number of hydrogen-bond acceptors (Lipinski definition) is 8. The van der Waals surface area contributed by atoms with Gasteiger partial charge in [-0.05, 0) is 116 Å². The van der Waals surface area contributed by atoms with Gasteiger partial charge in [0.1, 0.15) is 17.2 Å². The number of carbonyl (C=O) groups excluding carboxylic acids is 2. The molecule has 4 rings (SSSR count). The Labute approximate surface area is 353 Å². The van der Waals surface area contributed by atoms with Gasteiger partial charge >= 0.3 is 11.9 Å². The molecule has 0 aliphatic rings. The summed E-state index contributed by atoms with van der Waals surface area (Å²) in [6.07, 6.45) is 23.2. The Balaban J connectivity index is 1.39. The van der Waals surface area contributed by atoms with Gasteiger partial charge in [-0.15, -0.1) is 0 Å². The maximum Gasteiger partial charge on any atom is 0.343 e. The van der Waals surface area contributed by atoms with Crippen LogP contribution in [-0.4, -0.2) is 38.0 Å². The molecule has 0 aliphatic heterocycles. The summed E-state index contributed by atoms with van der Waals surface area (Å²) in [4.78, 5) is 31.4. The van der Waals surface area contributed by atoms with Crippen molar-refractivity contribution in [1.29, 1.82) is 0 Å². The van der Waals surface area contributed by atoms with Crippen molar-refractivity contribution in [2.45, 2.75) is 136 Å². The van der Waals surface area contributed by atoms with Crippen molar-refractivity contribution in [2.75, 3.05) is 19.8 Å². The van der Waals surface area contributed by atoms with E-state index in [0.29, 0.717) is 48.0 Å². The fraction of sp³-hybridized carbons (Fsp3) is 0.471. The van der Waals surface area contributed by atoms with Crippen LogP contribution in [-0.2, 0) is 0 Å². The Morgan fingerprint density at radius 3 is 1.24 bits per heavy atom. The van der Waals surface area contributed by atoms with Crippen LogP contribution in [0.4, 0.5) is 5.69 Å². The van der Waals surface area contributed by atoms with Crippen molar-refractivity contribution >= 4 is 23.8 Å². The fourth-order valence-electron chi connectivity index (χ4n) is 6.46. The summed E-state index contributed by atoms with van der Waals surface area (Å²) in [6, 6.07) is 26.4. The highest BCUT2D eigenvalue weighted by Crippen LogP contribution is 2.31. The molecule has 0 unspecified atom stereocenters. The summed E-state index contributed by atoms with van der Waals surface area (Å²) < 4.78 is 29.4. The summed E-state index contributed by atoms with van der Waals surface area (Å²) in [5.74, 6) is 1.22. The molecule has 0 N–H and O–H groups in total. The zero-order valence-corrected chi connectivity index (χ0v) is 35.9. The van der Waals surface area contributed by atoms with E-state index in [1.54, 1.807) is 72.9 Å². The first-order valence-corrected chi connectivity index (χ1v) is 22.3. The summed E-state index contributed by atoms with van der Waals surface area (Å²) in [7, 11) is 0. The molecule has 0 atom stereocenters. The molecule has 0 fully saturated rings. The molecule has 8 nitrogen and oxygen atoms in total. The van der Waals surface area contributed by atoms with E-state index in [2.05, 4.69) is 25.8 Å². The van der Waals surface area contributed by atoms with E-state index < -0.39 is 11.9 Å². The molecular weight excluding hydrogens is 739 g/mol. The normalized spacial score (nSPS) is 11.1. The van der Waals surface area contributed by atoms with Gasteiger partial charge in [-0.3, -0.25) is 4.99 Å². The highest BCUT2D eigenvalue weighted by atomic mass is 16.6. The number of unbranched alkanes of at least 4 members (excludes halogenated alkanes) is 15. The van der Waals surface area contributed by atoms with Crippen molar-refractivity contribution in [3.05, 3.63) is 108 Å². The maximum absolute atomic E-state index is 13.4. The van der Waals surface area contributed by atoms with Gasteiger partial charge in [0.05, 0.1) is 36.6 Å². The lowest BCUT2D eigenvalue weighted by atomic mass is 10.1. The Kier molecular flexibility index (Phi) is 22.4. The quantitative estimate of drug-likeness (QED) is 0.0224. The third-order valence-electron chi connectivity index (χ3n) is 10.1. The minimum absolute atomic E-state index is 0.0908. The second-order valence-corrected chi connectivity index (χ2v) is 15.1. The third-order valence-corrected chi connectivity index (χ3v) is 10.1. The molecule has 0 aromatic heterocycles. The number of benzene rings is 4. The molecule has 0 amide bonds. The second kappa shape index (κ2) is 28.3. The van der Waals surface area contributed by atoms with Gasteiger partial charge < -0.3 is 23.7 Å². The zero-order chi connectivity index (χ0) is 41.8. The zero-order valence-electron chi connectivity index (χ0n) is 35.9. The highest BCUT2D eigenvalue weighted by Gasteiger charge is 2.18. The summed E-state index contributed by atoms with van der Waals surface area (Å²) >= 11 is 0. The molecule has 59 heavy (non-hydrogen) atoms. The van der Waals surface area contributed by atoms with Crippen molar-refractivity contribution in [1.82, 2.24) is 0 Å². The van der Waals surface area contributed by atoms with Crippen LogP contribution < -0.4 is 23.7 Å². The molecule has 0 spiro atoms. The Morgan fingerprint density at radius 2 is 0.814 bits per heavy atom. The fourth-order valence-corrected chi connectivity index (χ4v) is 6.46. The van der Waals surface area contributed by atoms with E-state index in [1.165, 1.54) is 83.5 Å². The minimum atomic E-state index is -0.595. The number of nitrogens with zero attached hydrogens (tertiary/aromatic N) is 1. The number of hydrogen-bond donors (Lipinski definition) is 0. The number of carbonyl (C=O) groups is 2. The average Bonchev–Trinajstić information content (AvgIpc) is 3.26. The molecule has 4 aromatic carbocycles. The minimum Gasteiger partial charge on any atom is -0.494 e.